The normalized spacial score (nSPS) is 15.7. The number of methoxy groups -OCH3 is 2. The molecule has 1 amide bonds. The summed E-state index contributed by atoms with van der Waals surface area (Å²) in [6.07, 6.45) is 3.25. The highest BCUT2D eigenvalue weighted by atomic mass is 16.5. The lowest BCUT2D eigenvalue weighted by Gasteiger charge is -2.26. The van der Waals surface area contributed by atoms with Crippen molar-refractivity contribution >= 4 is 22.9 Å². The van der Waals surface area contributed by atoms with Crippen molar-refractivity contribution in [3.63, 3.8) is 0 Å². The zero-order chi connectivity index (χ0) is 20.8. The van der Waals surface area contributed by atoms with Gasteiger partial charge in [-0.05, 0) is 13.0 Å². The predicted octanol–water partition coefficient (Wildman–Crippen LogP) is 2.34. The molecule has 1 atom stereocenters. The lowest BCUT2D eigenvalue weighted by atomic mass is 9.85. The summed E-state index contributed by atoms with van der Waals surface area (Å²) in [7, 11) is 3.19. The van der Waals surface area contributed by atoms with Crippen molar-refractivity contribution in [1.82, 2.24) is 29.7 Å². The predicted molar refractivity (Wildman–Crippen MR) is 108 cm³/mol. The number of carbonyl (C=O) groups is 1. The first-order chi connectivity index (χ1) is 14.6. The van der Waals surface area contributed by atoms with Crippen molar-refractivity contribution in [2.75, 3.05) is 19.5 Å². The number of amides is 1. The summed E-state index contributed by atoms with van der Waals surface area (Å²) in [5, 5.41) is 7.66. The third kappa shape index (κ3) is 2.60. The summed E-state index contributed by atoms with van der Waals surface area (Å²) < 4.78 is 12.7. The van der Waals surface area contributed by atoms with Crippen LogP contribution in [-0.2, 0) is 4.79 Å². The molecular formula is C20H19N7O3. The Hall–Kier alpha value is -3.95. The van der Waals surface area contributed by atoms with Crippen LogP contribution in [0.1, 0.15) is 29.2 Å². The van der Waals surface area contributed by atoms with E-state index in [9.17, 15) is 4.79 Å². The van der Waals surface area contributed by atoms with E-state index in [2.05, 4.69) is 25.3 Å². The zero-order valence-electron chi connectivity index (χ0n) is 16.6. The average Bonchev–Trinajstić information content (AvgIpc) is 3.37. The lowest BCUT2D eigenvalue weighted by Crippen LogP contribution is -2.25. The molecule has 3 aromatic heterocycles. The first-order valence-electron chi connectivity index (χ1n) is 9.37. The van der Waals surface area contributed by atoms with E-state index in [0.717, 1.165) is 16.8 Å². The van der Waals surface area contributed by atoms with Gasteiger partial charge in [-0.25, -0.2) is 15.0 Å². The Morgan fingerprint density at radius 2 is 2.03 bits per heavy atom. The van der Waals surface area contributed by atoms with Crippen LogP contribution in [0.5, 0.6) is 11.5 Å². The molecule has 0 fully saturated rings. The van der Waals surface area contributed by atoms with E-state index in [1.165, 1.54) is 6.33 Å². The van der Waals surface area contributed by atoms with Crippen LogP contribution < -0.4 is 14.8 Å². The van der Waals surface area contributed by atoms with Crippen LogP contribution in [0.3, 0.4) is 0 Å². The van der Waals surface area contributed by atoms with Gasteiger partial charge in [0.15, 0.2) is 23.0 Å². The summed E-state index contributed by atoms with van der Waals surface area (Å²) in [6.45, 7) is 1.91. The molecule has 30 heavy (non-hydrogen) atoms. The van der Waals surface area contributed by atoms with Gasteiger partial charge in [0, 0.05) is 23.5 Å². The molecular weight excluding hydrogens is 386 g/mol. The molecule has 0 saturated carbocycles. The minimum atomic E-state index is -0.244. The van der Waals surface area contributed by atoms with Gasteiger partial charge in [0.25, 0.3) is 0 Å². The quantitative estimate of drug-likeness (QED) is 0.535. The number of nitrogens with zero attached hydrogens (tertiary/aromatic N) is 5. The summed E-state index contributed by atoms with van der Waals surface area (Å²) in [6, 6.07) is 5.67. The minimum absolute atomic E-state index is 0.117. The maximum atomic E-state index is 12.7. The second kappa shape index (κ2) is 6.83. The van der Waals surface area contributed by atoms with Crippen LogP contribution in [0.15, 0.2) is 30.9 Å². The Labute approximate surface area is 171 Å². The first-order valence-corrected chi connectivity index (χ1v) is 9.37. The molecule has 4 heterocycles. The first kappa shape index (κ1) is 18.1. The monoisotopic (exact) mass is 405 g/mol. The van der Waals surface area contributed by atoms with E-state index < -0.39 is 0 Å². The molecule has 10 heteroatoms. The van der Waals surface area contributed by atoms with Gasteiger partial charge < -0.3 is 19.8 Å². The van der Waals surface area contributed by atoms with Gasteiger partial charge in [0.1, 0.15) is 17.7 Å². The van der Waals surface area contributed by atoms with Gasteiger partial charge in [-0.15, -0.1) is 0 Å². The topological polar surface area (TPSA) is 120 Å². The van der Waals surface area contributed by atoms with Crippen LogP contribution in [0.25, 0.3) is 17.0 Å². The van der Waals surface area contributed by atoms with Crippen molar-refractivity contribution in [2.24, 2.45) is 0 Å². The SMILES string of the molecule is COc1cccc([C@@H]2CC(=O)Nc3c2c(C)nn3-c2ncnc3nc[nH]c23)c1OC. The number of benzene rings is 1. The third-order valence-electron chi connectivity index (χ3n) is 5.31. The van der Waals surface area contributed by atoms with Crippen LogP contribution in [-0.4, -0.2) is 49.8 Å². The van der Waals surface area contributed by atoms with Crippen molar-refractivity contribution < 1.29 is 14.3 Å². The lowest BCUT2D eigenvalue weighted by molar-refractivity contribution is -0.116. The second-order valence-corrected chi connectivity index (χ2v) is 6.95. The third-order valence-corrected chi connectivity index (χ3v) is 5.31. The molecule has 10 nitrogen and oxygen atoms in total. The van der Waals surface area contributed by atoms with Crippen LogP contribution in [0, 0.1) is 6.92 Å². The second-order valence-electron chi connectivity index (χ2n) is 6.95. The molecule has 0 bridgehead atoms. The van der Waals surface area contributed by atoms with E-state index >= 15 is 0 Å². The fourth-order valence-electron chi connectivity index (χ4n) is 4.07. The van der Waals surface area contributed by atoms with E-state index in [1.807, 2.05) is 25.1 Å². The van der Waals surface area contributed by atoms with Crippen LogP contribution in [0.4, 0.5) is 5.82 Å². The molecule has 0 spiro atoms. The summed E-state index contributed by atoms with van der Waals surface area (Å²) in [5.41, 5.74) is 3.72. The molecule has 4 aromatic rings. The molecule has 0 saturated heterocycles. The van der Waals surface area contributed by atoms with E-state index in [4.69, 9.17) is 14.6 Å². The summed E-state index contributed by atoms with van der Waals surface area (Å²) in [4.78, 5) is 28.4. The fourth-order valence-corrected chi connectivity index (χ4v) is 4.07. The average molecular weight is 405 g/mol. The highest BCUT2D eigenvalue weighted by Gasteiger charge is 2.35. The van der Waals surface area contributed by atoms with Crippen molar-refractivity contribution in [3.8, 4) is 17.3 Å². The van der Waals surface area contributed by atoms with Crippen molar-refractivity contribution in [2.45, 2.75) is 19.3 Å². The van der Waals surface area contributed by atoms with Crippen molar-refractivity contribution in [1.29, 1.82) is 0 Å². The number of aromatic amines is 1. The standard InChI is InChI=1S/C20H19N7O3/c1-10-15-12(11-5-4-6-13(29-2)17(11)30-3)7-14(28)25-19(15)27(26-10)20-16-18(22-8-21-16)23-9-24-20/h4-6,8-9,12H,7H2,1-3H3,(H,25,28)(H,21,22,23,24)/t12-/m0/s1. The Balaban J connectivity index is 1.73. The molecule has 2 N–H and O–H groups in total. The summed E-state index contributed by atoms with van der Waals surface area (Å²) >= 11 is 0. The number of ether oxygens (including phenoxy) is 2. The zero-order valence-corrected chi connectivity index (χ0v) is 16.6. The van der Waals surface area contributed by atoms with Gasteiger partial charge in [0.05, 0.1) is 26.2 Å². The molecule has 1 aliphatic heterocycles. The number of fused-ring (bicyclic) bond motifs is 2. The molecule has 1 aromatic carbocycles. The molecule has 0 unspecified atom stereocenters. The number of nitrogens with one attached hydrogen (secondary N) is 2. The Kier molecular flexibility index (Phi) is 4.12. The highest BCUT2D eigenvalue weighted by Crippen LogP contribution is 2.45. The maximum absolute atomic E-state index is 12.7. The number of carbonyl (C=O) groups excluding carboxylic acids is 1. The van der Waals surface area contributed by atoms with E-state index in [0.29, 0.717) is 34.3 Å². The maximum Gasteiger partial charge on any atom is 0.226 e. The Bertz CT molecular complexity index is 1280. The van der Waals surface area contributed by atoms with Crippen LogP contribution >= 0.6 is 0 Å². The molecule has 1 aliphatic rings. The molecule has 0 radical (unpaired) electrons. The minimum Gasteiger partial charge on any atom is -0.493 e. The Morgan fingerprint density at radius 3 is 2.83 bits per heavy atom. The molecule has 5 rings (SSSR count). The van der Waals surface area contributed by atoms with Gasteiger partial charge in [-0.3, -0.25) is 4.79 Å². The Morgan fingerprint density at radius 1 is 1.17 bits per heavy atom. The van der Waals surface area contributed by atoms with Gasteiger partial charge in [-0.1, -0.05) is 12.1 Å². The van der Waals surface area contributed by atoms with Crippen molar-refractivity contribution in [3.05, 3.63) is 47.7 Å². The number of anilines is 1. The number of aryl methyl sites for hydroxylation is 1. The number of H-pyrrole nitrogens is 1. The number of hydrogen-bond acceptors (Lipinski definition) is 7. The highest BCUT2D eigenvalue weighted by molar-refractivity contribution is 5.95. The number of aromatic nitrogens is 6. The van der Waals surface area contributed by atoms with Gasteiger partial charge in [-0.2, -0.15) is 9.78 Å². The number of rotatable bonds is 4. The number of imidazole rings is 1. The van der Waals surface area contributed by atoms with E-state index in [-0.39, 0.29) is 18.2 Å². The summed E-state index contributed by atoms with van der Waals surface area (Å²) in [5.74, 6) is 1.95. The van der Waals surface area contributed by atoms with Crippen LogP contribution in [0.2, 0.25) is 0 Å². The van der Waals surface area contributed by atoms with Gasteiger partial charge in [0.2, 0.25) is 5.91 Å². The van der Waals surface area contributed by atoms with E-state index in [1.54, 1.807) is 25.2 Å². The molecule has 0 aliphatic carbocycles. The fraction of sp³-hybridized carbons (Fsp3) is 0.250. The number of hydrogen-bond donors (Lipinski definition) is 2. The largest absolute Gasteiger partial charge is 0.493 e. The molecule has 152 valence electrons. The smallest absolute Gasteiger partial charge is 0.226 e. The number of para-hydroxylation sites is 1. The van der Waals surface area contributed by atoms with Gasteiger partial charge >= 0.3 is 0 Å².